The highest BCUT2D eigenvalue weighted by Gasteiger charge is 2.21. The Balaban J connectivity index is 1.90. The third kappa shape index (κ3) is 3.05. The van der Waals surface area contributed by atoms with Gasteiger partial charge in [-0.25, -0.2) is 0 Å². The van der Waals surface area contributed by atoms with Gasteiger partial charge in [-0.2, -0.15) is 0 Å². The number of hydrogen-bond acceptors (Lipinski definition) is 2. The van der Waals surface area contributed by atoms with Gasteiger partial charge in [-0.3, -0.25) is 4.98 Å². The Morgan fingerprint density at radius 2 is 2.31 bits per heavy atom. The molecule has 1 aliphatic heterocycles. The Kier molecular flexibility index (Phi) is 3.94. The van der Waals surface area contributed by atoms with E-state index in [2.05, 4.69) is 35.9 Å². The van der Waals surface area contributed by atoms with Crippen LogP contribution in [0.5, 0.6) is 0 Å². The molecule has 1 aromatic heterocycles. The first kappa shape index (κ1) is 11.6. The molecular weight excluding hydrogens is 196 g/mol. The minimum Gasteiger partial charge on any atom is -0.301 e. The molecule has 1 aromatic rings. The molecule has 1 saturated heterocycles. The van der Waals surface area contributed by atoms with E-state index in [1.165, 1.54) is 31.6 Å². The van der Waals surface area contributed by atoms with Crippen LogP contribution < -0.4 is 0 Å². The first-order valence-corrected chi connectivity index (χ1v) is 6.39. The molecule has 0 N–H and O–H groups in total. The fourth-order valence-corrected chi connectivity index (χ4v) is 2.55. The van der Waals surface area contributed by atoms with Crippen molar-refractivity contribution in [3.63, 3.8) is 0 Å². The standard InChI is InChI=1S/C14H22N2/c1-12(2)16-9-5-6-13(11-16)10-14-7-3-4-8-15-14/h3-4,7-8,12-13H,5-6,9-11H2,1-2H3. The molecule has 2 heterocycles. The minimum atomic E-state index is 0.687. The molecule has 0 radical (unpaired) electrons. The van der Waals surface area contributed by atoms with Gasteiger partial charge in [0.05, 0.1) is 0 Å². The van der Waals surface area contributed by atoms with Crippen molar-refractivity contribution in [2.75, 3.05) is 13.1 Å². The van der Waals surface area contributed by atoms with E-state index in [1.54, 1.807) is 0 Å². The van der Waals surface area contributed by atoms with Gasteiger partial charge >= 0.3 is 0 Å². The molecule has 2 heteroatoms. The number of piperidine rings is 1. The van der Waals surface area contributed by atoms with Crippen molar-refractivity contribution >= 4 is 0 Å². The molecule has 2 nitrogen and oxygen atoms in total. The van der Waals surface area contributed by atoms with Crippen LogP contribution in [0.2, 0.25) is 0 Å². The van der Waals surface area contributed by atoms with Crippen molar-refractivity contribution in [1.82, 2.24) is 9.88 Å². The predicted octanol–water partition coefficient (Wildman–Crippen LogP) is 2.74. The molecule has 1 fully saturated rings. The van der Waals surface area contributed by atoms with Crippen molar-refractivity contribution in [3.8, 4) is 0 Å². The smallest absolute Gasteiger partial charge is 0.0406 e. The van der Waals surface area contributed by atoms with E-state index in [0.717, 1.165) is 12.3 Å². The highest BCUT2D eigenvalue weighted by atomic mass is 15.2. The molecule has 1 unspecified atom stereocenters. The Morgan fingerprint density at radius 3 is 3.00 bits per heavy atom. The van der Waals surface area contributed by atoms with Crippen LogP contribution in [-0.2, 0) is 6.42 Å². The van der Waals surface area contributed by atoms with E-state index in [0.29, 0.717) is 6.04 Å². The number of pyridine rings is 1. The van der Waals surface area contributed by atoms with Crippen LogP contribution in [0.4, 0.5) is 0 Å². The summed E-state index contributed by atoms with van der Waals surface area (Å²) in [6.45, 7) is 7.11. The summed E-state index contributed by atoms with van der Waals surface area (Å²) in [5.41, 5.74) is 1.25. The zero-order valence-corrected chi connectivity index (χ0v) is 10.4. The maximum Gasteiger partial charge on any atom is 0.0406 e. The topological polar surface area (TPSA) is 16.1 Å². The van der Waals surface area contributed by atoms with E-state index in [-0.39, 0.29) is 0 Å². The van der Waals surface area contributed by atoms with Crippen molar-refractivity contribution in [2.45, 2.75) is 39.2 Å². The van der Waals surface area contributed by atoms with Crippen LogP contribution in [0.25, 0.3) is 0 Å². The monoisotopic (exact) mass is 218 g/mol. The van der Waals surface area contributed by atoms with Crippen LogP contribution in [0.1, 0.15) is 32.4 Å². The fourth-order valence-electron chi connectivity index (χ4n) is 2.55. The first-order chi connectivity index (χ1) is 7.75. The molecule has 0 amide bonds. The number of aromatic nitrogens is 1. The van der Waals surface area contributed by atoms with E-state index in [9.17, 15) is 0 Å². The lowest BCUT2D eigenvalue weighted by molar-refractivity contribution is 0.139. The lowest BCUT2D eigenvalue weighted by Crippen LogP contribution is -2.40. The van der Waals surface area contributed by atoms with Gasteiger partial charge in [0, 0.05) is 24.5 Å². The predicted molar refractivity (Wildman–Crippen MR) is 67.4 cm³/mol. The SMILES string of the molecule is CC(C)N1CCCC(Cc2ccccn2)C1. The van der Waals surface area contributed by atoms with Crippen LogP contribution >= 0.6 is 0 Å². The molecule has 1 aliphatic rings. The van der Waals surface area contributed by atoms with Gasteiger partial charge in [0.25, 0.3) is 0 Å². The van der Waals surface area contributed by atoms with Crippen LogP contribution in [0.3, 0.4) is 0 Å². The van der Waals surface area contributed by atoms with Crippen molar-refractivity contribution in [2.24, 2.45) is 5.92 Å². The Labute approximate surface area is 98.7 Å². The zero-order chi connectivity index (χ0) is 11.4. The van der Waals surface area contributed by atoms with Crippen LogP contribution in [-0.4, -0.2) is 29.0 Å². The average molecular weight is 218 g/mol. The van der Waals surface area contributed by atoms with E-state index >= 15 is 0 Å². The van der Waals surface area contributed by atoms with Gasteiger partial charge in [0.1, 0.15) is 0 Å². The third-order valence-corrected chi connectivity index (χ3v) is 3.50. The molecule has 0 spiro atoms. The van der Waals surface area contributed by atoms with Crippen molar-refractivity contribution < 1.29 is 0 Å². The summed E-state index contributed by atoms with van der Waals surface area (Å²) in [4.78, 5) is 7.02. The zero-order valence-electron chi connectivity index (χ0n) is 10.4. The summed E-state index contributed by atoms with van der Waals surface area (Å²) in [5.74, 6) is 0.797. The van der Waals surface area contributed by atoms with E-state index < -0.39 is 0 Å². The molecule has 88 valence electrons. The Bertz CT molecular complexity index is 308. The normalized spacial score (nSPS) is 22.6. The Hall–Kier alpha value is -0.890. The van der Waals surface area contributed by atoms with Crippen molar-refractivity contribution in [3.05, 3.63) is 30.1 Å². The molecule has 0 aromatic carbocycles. The highest BCUT2D eigenvalue weighted by Crippen LogP contribution is 2.21. The number of rotatable bonds is 3. The van der Waals surface area contributed by atoms with Crippen molar-refractivity contribution in [1.29, 1.82) is 0 Å². The van der Waals surface area contributed by atoms with Gasteiger partial charge in [-0.15, -0.1) is 0 Å². The number of hydrogen-bond donors (Lipinski definition) is 0. The third-order valence-electron chi connectivity index (χ3n) is 3.50. The maximum atomic E-state index is 4.42. The molecule has 0 aliphatic carbocycles. The molecular formula is C14H22N2. The van der Waals surface area contributed by atoms with Gasteiger partial charge in [0.15, 0.2) is 0 Å². The fraction of sp³-hybridized carbons (Fsp3) is 0.643. The molecule has 2 rings (SSSR count). The second kappa shape index (κ2) is 5.44. The van der Waals surface area contributed by atoms with E-state index in [4.69, 9.17) is 0 Å². The van der Waals surface area contributed by atoms with Gasteiger partial charge in [0.2, 0.25) is 0 Å². The average Bonchev–Trinajstić information content (AvgIpc) is 2.30. The summed E-state index contributed by atoms with van der Waals surface area (Å²) in [6.07, 6.45) is 5.75. The summed E-state index contributed by atoms with van der Waals surface area (Å²) in [5, 5.41) is 0. The molecule has 0 bridgehead atoms. The molecule has 0 saturated carbocycles. The largest absolute Gasteiger partial charge is 0.301 e. The first-order valence-electron chi connectivity index (χ1n) is 6.39. The summed E-state index contributed by atoms with van der Waals surface area (Å²) >= 11 is 0. The summed E-state index contributed by atoms with van der Waals surface area (Å²) < 4.78 is 0. The summed E-state index contributed by atoms with van der Waals surface area (Å²) in [6, 6.07) is 6.91. The van der Waals surface area contributed by atoms with Crippen LogP contribution in [0, 0.1) is 5.92 Å². The van der Waals surface area contributed by atoms with E-state index in [1.807, 2.05) is 12.3 Å². The second-order valence-corrected chi connectivity index (χ2v) is 5.12. The summed E-state index contributed by atoms with van der Waals surface area (Å²) in [7, 11) is 0. The number of likely N-dealkylation sites (tertiary alicyclic amines) is 1. The lowest BCUT2D eigenvalue weighted by atomic mass is 9.92. The quantitative estimate of drug-likeness (QED) is 0.775. The second-order valence-electron chi connectivity index (χ2n) is 5.12. The van der Waals surface area contributed by atoms with Gasteiger partial charge in [-0.05, 0) is 57.7 Å². The maximum absolute atomic E-state index is 4.42. The van der Waals surface area contributed by atoms with Crippen LogP contribution in [0.15, 0.2) is 24.4 Å². The van der Waals surface area contributed by atoms with Gasteiger partial charge in [-0.1, -0.05) is 6.07 Å². The molecule has 16 heavy (non-hydrogen) atoms. The highest BCUT2D eigenvalue weighted by molar-refractivity contribution is 5.04. The Morgan fingerprint density at radius 1 is 1.44 bits per heavy atom. The lowest BCUT2D eigenvalue weighted by Gasteiger charge is -2.35. The minimum absolute atomic E-state index is 0.687. The number of nitrogens with zero attached hydrogens (tertiary/aromatic N) is 2. The van der Waals surface area contributed by atoms with Gasteiger partial charge < -0.3 is 4.90 Å². The molecule has 1 atom stereocenters.